The van der Waals surface area contributed by atoms with Gasteiger partial charge in [0.15, 0.2) is 0 Å². The highest BCUT2D eigenvalue weighted by atomic mass is 35.5. The quantitative estimate of drug-likeness (QED) is 0.534. The predicted molar refractivity (Wildman–Crippen MR) is 77.6 cm³/mol. The summed E-state index contributed by atoms with van der Waals surface area (Å²) < 4.78 is 0. The summed E-state index contributed by atoms with van der Waals surface area (Å²) in [7, 11) is 0. The Morgan fingerprint density at radius 1 is 1.33 bits per heavy atom. The molecule has 1 amide bonds. The molecular formula is C13H11ClN4O3. The van der Waals surface area contributed by atoms with Gasteiger partial charge in [-0.15, -0.1) is 0 Å². The number of rotatable bonds is 3. The maximum absolute atomic E-state index is 12.2. The normalized spacial score (nSPS) is 10.2. The molecular weight excluding hydrogens is 296 g/mol. The Labute approximate surface area is 125 Å². The van der Waals surface area contributed by atoms with Gasteiger partial charge in [0.05, 0.1) is 16.3 Å². The number of anilines is 1. The molecule has 0 saturated carbocycles. The van der Waals surface area contributed by atoms with E-state index in [9.17, 15) is 14.9 Å². The SMILES string of the molecule is Cc1ccc(NC(=O)c2ccnc(Cl)c2[N+](=O)[O-])c(C)n1. The number of carbonyl (C=O) groups excluding carboxylic acids is 1. The number of hydrogen-bond donors (Lipinski definition) is 1. The average Bonchev–Trinajstić information content (AvgIpc) is 2.41. The Morgan fingerprint density at radius 3 is 2.67 bits per heavy atom. The van der Waals surface area contributed by atoms with Gasteiger partial charge in [0.1, 0.15) is 5.56 Å². The Balaban J connectivity index is 2.37. The molecule has 2 aromatic heterocycles. The molecule has 2 aromatic rings. The van der Waals surface area contributed by atoms with E-state index in [0.29, 0.717) is 11.4 Å². The van der Waals surface area contributed by atoms with Gasteiger partial charge in [-0.2, -0.15) is 0 Å². The number of aryl methyl sites for hydroxylation is 2. The van der Waals surface area contributed by atoms with E-state index in [1.54, 1.807) is 19.1 Å². The van der Waals surface area contributed by atoms with Crippen molar-refractivity contribution in [2.75, 3.05) is 5.32 Å². The smallest absolute Gasteiger partial charge is 0.319 e. The molecule has 108 valence electrons. The van der Waals surface area contributed by atoms with Gasteiger partial charge in [-0.1, -0.05) is 11.6 Å². The summed E-state index contributed by atoms with van der Waals surface area (Å²) in [5.41, 5.74) is 1.23. The van der Waals surface area contributed by atoms with E-state index >= 15 is 0 Å². The zero-order chi connectivity index (χ0) is 15.6. The average molecular weight is 307 g/mol. The Kier molecular flexibility index (Phi) is 4.13. The topological polar surface area (TPSA) is 98.0 Å². The summed E-state index contributed by atoms with van der Waals surface area (Å²) in [6.45, 7) is 3.56. The lowest BCUT2D eigenvalue weighted by molar-refractivity contribution is -0.385. The fourth-order valence-corrected chi connectivity index (χ4v) is 2.02. The molecule has 2 heterocycles. The summed E-state index contributed by atoms with van der Waals surface area (Å²) in [6, 6.07) is 4.66. The van der Waals surface area contributed by atoms with E-state index < -0.39 is 16.5 Å². The van der Waals surface area contributed by atoms with Crippen LogP contribution < -0.4 is 5.32 Å². The molecule has 0 unspecified atom stereocenters. The Hall–Kier alpha value is -2.54. The minimum Gasteiger partial charge on any atom is -0.320 e. The minimum atomic E-state index is -0.732. The highest BCUT2D eigenvalue weighted by Crippen LogP contribution is 2.27. The largest absolute Gasteiger partial charge is 0.320 e. The zero-order valence-corrected chi connectivity index (χ0v) is 12.0. The number of halogens is 1. The molecule has 7 nitrogen and oxygen atoms in total. The third-order valence-electron chi connectivity index (χ3n) is 2.78. The molecule has 0 bridgehead atoms. The number of nitrogens with zero attached hydrogens (tertiary/aromatic N) is 3. The van der Waals surface area contributed by atoms with Gasteiger partial charge in [-0.05, 0) is 32.0 Å². The van der Waals surface area contributed by atoms with Crippen LogP contribution in [0.25, 0.3) is 0 Å². The van der Waals surface area contributed by atoms with Crippen LogP contribution in [0.5, 0.6) is 0 Å². The molecule has 0 aliphatic carbocycles. The van der Waals surface area contributed by atoms with Crippen LogP contribution in [0.3, 0.4) is 0 Å². The number of carbonyl (C=O) groups is 1. The molecule has 8 heteroatoms. The van der Waals surface area contributed by atoms with Crippen LogP contribution in [0.1, 0.15) is 21.7 Å². The highest BCUT2D eigenvalue weighted by Gasteiger charge is 2.25. The lowest BCUT2D eigenvalue weighted by atomic mass is 10.2. The summed E-state index contributed by atoms with van der Waals surface area (Å²) in [5, 5.41) is 13.3. The number of hydrogen-bond acceptors (Lipinski definition) is 5. The van der Waals surface area contributed by atoms with Gasteiger partial charge >= 0.3 is 5.69 Å². The minimum absolute atomic E-state index is 0.153. The summed E-state index contributed by atoms with van der Waals surface area (Å²) in [4.78, 5) is 30.3. The fourth-order valence-electron chi connectivity index (χ4n) is 1.79. The van der Waals surface area contributed by atoms with Crippen molar-refractivity contribution in [1.29, 1.82) is 0 Å². The first kappa shape index (κ1) is 14.9. The van der Waals surface area contributed by atoms with E-state index in [-0.39, 0.29) is 10.7 Å². The van der Waals surface area contributed by atoms with Crippen molar-refractivity contribution in [3.8, 4) is 0 Å². The maximum Gasteiger partial charge on any atom is 0.319 e. The number of pyridine rings is 2. The summed E-state index contributed by atoms with van der Waals surface area (Å²) in [5.74, 6) is -0.639. The first-order valence-electron chi connectivity index (χ1n) is 5.94. The van der Waals surface area contributed by atoms with Crippen molar-refractivity contribution in [3.05, 3.63) is 56.6 Å². The van der Waals surface area contributed by atoms with Crippen LogP contribution in [-0.4, -0.2) is 20.8 Å². The molecule has 0 atom stereocenters. The molecule has 0 spiro atoms. The lowest BCUT2D eigenvalue weighted by Gasteiger charge is -2.08. The molecule has 1 N–H and O–H groups in total. The number of amides is 1. The highest BCUT2D eigenvalue weighted by molar-refractivity contribution is 6.32. The van der Waals surface area contributed by atoms with Gasteiger partial charge < -0.3 is 5.32 Å². The van der Waals surface area contributed by atoms with Crippen molar-refractivity contribution in [1.82, 2.24) is 9.97 Å². The van der Waals surface area contributed by atoms with E-state index in [1.807, 2.05) is 6.92 Å². The van der Waals surface area contributed by atoms with Crippen LogP contribution in [0.4, 0.5) is 11.4 Å². The first-order valence-corrected chi connectivity index (χ1v) is 6.32. The van der Waals surface area contributed by atoms with Crippen molar-refractivity contribution < 1.29 is 9.72 Å². The van der Waals surface area contributed by atoms with Crippen LogP contribution in [-0.2, 0) is 0 Å². The number of aromatic nitrogens is 2. The second-order valence-corrected chi connectivity index (χ2v) is 4.65. The molecule has 0 aliphatic heterocycles. The molecule has 2 rings (SSSR count). The number of nitrogens with one attached hydrogen (secondary N) is 1. The first-order chi connectivity index (χ1) is 9.90. The lowest BCUT2D eigenvalue weighted by Crippen LogP contribution is -2.15. The summed E-state index contributed by atoms with van der Waals surface area (Å²) in [6.07, 6.45) is 1.24. The van der Waals surface area contributed by atoms with E-state index in [2.05, 4.69) is 15.3 Å². The van der Waals surface area contributed by atoms with Gasteiger partial charge in [0.2, 0.25) is 5.15 Å². The van der Waals surface area contributed by atoms with E-state index in [4.69, 9.17) is 11.6 Å². The van der Waals surface area contributed by atoms with Crippen molar-refractivity contribution in [3.63, 3.8) is 0 Å². The van der Waals surface area contributed by atoms with Crippen molar-refractivity contribution in [2.45, 2.75) is 13.8 Å². The van der Waals surface area contributed by atoms with Gasteiger partial charge in [0.25, 0.3) is 5.91 Å². The predicted octanol–water partition coefficient (Wildman–Crippen LogP) is 2.91. The van der Waals surface area contributed by atoms with Crippen molar-refractivity contribution in [2.24, 2.45) is 0 Å². The van der Waals surface area contributed by atoms with E-state index in [1.165, 1.54) is 12.3 Å². The maximum atomic E-state index is 12.2. The molecule has 21 heavy (non-hydrogen) atoms. The molecule has 0 radical (unpaired) electrons. The molecule has 0 aromatic carbocycles. The van der Waals surface area contributed by atoms with Crippen LogP contribution in [0.15, 0.2) is 24.4 Å². The van der Waals surface area contributed by atoms with E-state index in [0.717, 1.165) is 5.69 Å². The van der Waals surface area contributed by atoms with Crippen LogP contribution in [0.2, 0.25) is 5.15 Å². The van der Waals surface area contributed by atoms with Gasteiger partial charge in [-0.25, -0.2) is 4.98 Å². The van der Waals surface area contributed by atoms with Crippen LogP contribution in [0, 0.1) is 24.0 Å². The standard InChI is InChI=1S/C13H11ClN4O3/c1-7-3-4-10(8(2)16-7)17-13(19)9-5-6-15-12(14)11(9)18(20)21/h3-6H,1-2H3,(H,17,19). The second kappa shape index (κ2) is 5.84. The molecule has 0 fully saturated rings. The third-order valence-corrected chi connectivity index (χ3v) is 3.06. The fraction of sp³-hybridized carbons (Fsp3) is 0.154. The monoisotopic (exact) mass is 306 g/mol. The Bertz CT molecular complexity index is 733. The van der Waals surface area contributed by atoms with Gasteiger partial charge in [-0.3, -0.25) is 19.9 Å². The Morgan fingerprint density at radius 2 is 2.05 bits per heavy atom. The van der Waals surface area contributed by atoms with Crippen LogP contribution >= 0.6 is 11.6 Å². The van der Waals surface area contributed by atoms with Crippen molar-refractivity contribution >= 4 is 28.9 Å². The molecule has 0 saturated heterocycles. The summed E-state index contributed by atoms with van der Waals surface area (Å²) >= 11 is 5.68. The third kappa shape index (κ3) is 3.14. The molecule has 0 aliphatic rings. The van der Waals surface area contributed by atoms with Gasteiger partial charge in [0, 0.05) is 11.9 Å². The number of nitro groups is 1. The second-order valence-electron chi connectivity index (χ2n) is 4.29. The zero-order valence-electron chi connectivity index (χ0n) is 11.3.